The van der Waals surface area contributed by atoms with Crippen LogP contribution >= 0.6 is 24.0 Å². The third-order valence-electron chi connectivity index (χ3n) is 4.41. The monoisotopic (exact) mass is 509 g/mol. The first-order chi connectivity index (χ1) is 12.9. The average molecular weight is 509 g/mol. The molecule has 0 saturated carbocycles. The maximum Gasteiger partial charge on any atom is 0.234 e. The Hall–Kier alpha value is -1.49. The van der Waals surface area contributed by atoms with E-state index in [1.165, 1.54) is 6.07 Å². The molecule has 1 aliphatic heterocycles. The fourth-order valence-corrected chi connectivity index (χ4v) is 3.07. The number of carbonyl (C=O) groups excluding carboxylic acids is 1. The minimum absolute atomic E-state index is 0. The molecule has 1 fully saturated rings. The number of benzene rings is 1. The second-order valence-corrected chi connectivity index (χ2v) is 6.92. The van der Waals surface area contributed by atoms with E-state index < -0.39 is 11.6 Å². The summed E-state index contributed by atoms with van der Waals surface area (Å²) in [4.78, 5) is 20.4. The predicted octanol–water partition coefficient (Wildman–Crippen LogP) is 1.84. The van der Waals surface area contributed by atoms with Crippen LogP contribution < -0.4 is 10.6 Å². The number of aliphatic imine (C=N–C) groups is 1. The van der Waals surface area contributed by atoms with Gasteiger partial charge in [0.2, 0.25) is 5.91 Å². The van der Waals surface area contributed by atoms with Crippen molar-refractivity contribution in [1.29, 1.82) is 0 Å². The quantitative estimate of drug-likeness (QED) is 0.349. The van der Waals surface area contributed by atoms with Crippen molar-refractivity contribution in [3.8, 4) is 0 Å². The Balaban J connectivity index is 0.00000392. The molecule has 0 atom stereocenters. The van der Waals surface area contributed by atoms with Crippen molar-refractivity contribution >= 4 is 35.8 Å². The van der Waals surface area contributed by atoms with Crippen LogP contribution in [-0.2, 0) is 11.2 Å². The van der Waals surface area contributed by atoms with Gasteiger partial charge >= 0.3 is 0 Å². The highest BCUT2D eigenvalue weighted by atomic mass is 127. The summed E-state index contributed by atoms with van der Waals surface area (Å²) in [6, 6.07) is 4.36. The fraction of sp³-hybridized carbons (Fsp3) is 0.579. The molecule has 9 heteroatoms. The third-order valence-corrected chi connectivity index (χ3v) is 4.41. The molecule has 2 rings (SSSR count). The fourth-order valence-electron chi connectivity index (χ4n) is 3.07. The van der Waals surface area contributed by atoms with Crippen molar-refractivity contribution < 1.29 is 13.6 Å². The Labute approximate surface area is 182 Å². The minimum Gasteiger partial charge on any atom is -0.356 e. The van der Waals surface area contributed by atoms with E-state index in [9.17, 15) is 13.6 Å². The lowest BCUT2D eigenvalue weighted by Crippen LogP contribution is -2.54. The number of carbonyl (C=O) groups is 1. The van der Waals surface area contributed by atoms with Crippen molar-refractivity contribution in [1.82, 2.24) is 20.4 Å². The Bertz CT molecular complexity index is 664. The summed E-state index contributed by atoms with van der Waals surface area (Å²) >= 11 is 0. The Morgan fingerprint density at radius 2 is 1.89 bits per heavy atom. The number of piperazine rings is 1. The number of nitrogens with one attached hydrogen (secondary N) is 2. The Morgan fingerprint density at radius 1 is 1.21 bits per heavy atom. The highest BCUT2D eigenvalue weighted by molar-refractivity contribution is 14.0. The van der Waals surface area contributed by atoms with E-state index in [0.29, 0.717) is 25.1 Å². The summed E-state index contributed by atoms with van der Waals surface area (Å²) in [5.41, 5.74) is 0.346. The standard InChI is InChI=1S/C19H29F2N5O.HI/c1-14(2)24-17(27)13-25-9-11-26(12-10-25)19(22-3)23-8-7-15-5-4-6-16(20)18(15)21;/h4-6,14H,7-13H2,1-3H3,(H,22,23)(H,24,27);1H. The molecule has 0 radical (unpaired) electrons. The van der Waals surface area contributed by atoms with Crippen LogP contribution in [0, 0.1) is 11.6 Å². The second-order valence-electron chi connectivity index (χ2n) is 6.92. The molecule has 0 unspecified atom stereocenters. The topological polar surface area (TPSA) is 60.0 Å². The number of hydrogen-bond donors (Lipinski definition) is 2. The molecule has 0 aliphatic carbocycles. The van der Waals surface area contributed by atoms with E-state index in [1.54, 1.807) is 13.1 Å². The van der Waals surface area contributed by atoms with Gasteiger partial charge in [0.25, 0.3) is 0 Å². The van der Waals surface area contributed by atoms with Gasteiger partial charge in [-0.05, 0) is 31.9 Å². The van der Waals surface area contributed by atoms with Gasteiger partial charge in [-0.25, -0.2) is 8.78 Å². The van der Waals surface area contributed by atoms with Crippen LogP contribution in [0.1, 0.15) is 19.4 Å². The van der Waals surface area contributed by atoms with E-state index in [0.717, 1.165) is 38.2 Å². The van der Waals surface area contributed by atoms with E-state index in [1.807, 2.05) is 13.8 Å². The van der Waals surface area contributed by atoms with Gasteiger partial charge < -0.3 is 15.5 Å². The van der Waals surface area contributed by atoms with E-state index in [4.69, 9.17) is 0 Å². The summed E-state index contributed by atoms with van der Waals surface area (Å²) in [6.45, 7) is 7.80. The van der Waals surface area contributed by atoms with Crippen LogP contribution in [-0.4, -0.2) is 74.0 Å². The Kier molecular flexibility index (Phi) is 10.7. The molecule has 158 valence electrons. The van der Waals surface area contributed by atoms with E-state index >= 15 is 0 Å². The van der Waals surface area contributed by atoms with Crippen LogP contribution in [0.3, 0.4) is 0 Å². The highest BCUT2D eigenvalue weighted by Gasteiger charge is 2.21. The first kappa shape index (κ1) is 24.5. The largest absolute Gasteiger partial charge is 0.356 e. The molecule has 28 heavy (non-hydrogen) atoms. The molecule has 1 aromatic rings. The molecule has 1 aliphatic rings. The molecule has 1 amide bonds. The molecule has 1 saturated heterocycles. The van der Waals surface area contributed by atoms with Crippen LogP contribution in [0.4, 0.5) is 8.78 Å². The van der Waals surface area contributed by atoms with Gasteiger partial charge in [-0.1, -0.05) is 12.1 Å². The van der Waals surface area contributed by atoms with Crippen molar-refractivity contribution in [2.75, 3.05) is 46.3 Å². The van der Waals surface area contributed by atoms with Gasteiger partial charge in [0, 0.05) is 45.8 Å². The summed E-state index contributed by atoms with van der Waals surface area (Å²) in [5, 5.41) is 6.10. The lowest BCUT2D eigenvalue weighted by Gasteiger charge is -2.36. The SMILES string of the molecule is CN=C(NCCc1cccc(F)c1F)N1CCN(CC(=O)NC(C)C)CC1.I. The zero-order valence-electron chi connectivity index (χ0n) is 16.7. The molecular weight excluding hydrogens is 479 g/mol. The molecule has 0 aromatic heterocycles. The number of guanidine groups is 1. The van der Waals surface area contributed by atoms with Gasteiger partial charge in [0.15, 0.2) is 17.6 Å². The lowest BCUT2D eigenvalue weighted by molar-refractivity contribution is -0.123. The van der Waals surface area contributed by atoms with Gasteiger partial charge in [0.05, 0.1) is 6.54 Å². The lowest BCUT2D eigenvalue weighted by atomic mass is 10.1. The summed E-state index contributed by atoms with van der Waals surface area (Å²) in [6.07, 6.45) is 0.373. The first-order valence-electron chi connectivity index (χ1n) is 9.31. The predicted molar refractivity (Wildman–Crippen MR) is 118 cm³/mol. The molecule has 0 bridgehead atoms. The van der Waals surface area contributed by atoms with E-state index in [2.05, 4.69) is 25.4 Å². The number of rotatable bonds is 6. The average Bonchev–Trinajstić information content (AvgIpc) is 2.62. The minimum atomic E-state index is -0.825. The van der Waals surface area contributed by atoms with Gasteiger partial charge in [-0.2, -0.15) is 0 Å². The molecule has 2 N–H and O–H groups in total. The van der Waals surface area contributed by atoms with Crippen molar-refractivity contribution in [3.63, 3.8) is 0 Å². The highest BCUT2D eigenvalue weighted by Crippen LogP contribution is 2.11. The van der Waals surface area contributed by atoms with Crippen molar-refractivity contribution in [2.24, 2.45) is 4.99 Å². The second kappa shape index (κ2) is 12.2. The molecule has 1 heterocycles. The number of hydrogen-bond acceptors (Lipinski definition) is 3. The first-order valence-corrected chi connectivity index (χ1v) is 9.31. The zero-order valence-corrected chi connectivity index (χ0v) is 19.0. The zero-order chi connectivity index (χ0) is 19.8. The molecule has 6 nitrogen and oxygen atoms in total. The van der Waals surface area contributed by atoms with E-state index in [-0.39, 0.29) is 35.9 Å². The van der Waals surface area contributed by atoms with Crippen LogP contribution in [0.5, 0.6) is 0 Å². The maximum atomic E-state index is 13.7. The van der Waals surface area contributed by atoms with Crippen LogP contribution in [0.2, 0.25) is 0 Å². The normalized spacial score (nSPS) is 15.4. The smallest absolute Gasteiger partial charge is 0.234 e. The molecular formula is C19H30F2IN5O. The number of amides is 1. The number of nitrogens with zero attached hydrogens (tertiary/aromatic N) is 3. The summed E-state index contributed by atoms with van der Waals surface area (Å²) < 4.78 is 27.0. The summed E-state index contributed by atoms with van der Waals surface area (Å²) in [7, 11) is 1.70. The van der Waals surface area contributed by atoms with Crippen LogP contribution in [0.15, 0.2) is 23.2 Å². The number of halogens is 3. The van der Waals surface area contributed by atoms with Gasteiger partial charge in [-0.3, -0.25) is 14.7 Å². The van der Waals surface area contributed by atoms with Gasteiger partial charge in [0.1, 0.15) is 0 Å². The van der Waals surface area contributed by atoms with Crippen LogP contribution in [0.25, 0.3) is 0 Å². The van der Waals surface area contributed by atoms with Gasteiger partial charge in [-0.15, -0.1) is 24.0 Å². The van der Waals surface area contributed by atoms with Crippen molar-refractivity contribution in [3.05, 3.63) is 35.4 Å². The summed E-state index contributed by atoms with van der Waals surface area (Å²) in [5.74, 6) is -0.840. The molecule has 0 spiro atoms. The molecule has 1 aromatic carbocycles. The maximum absolute atomic E-state index is 13.7. The third kappa shape index (κ3) is 7.50. The Morgan fingerprint density at radius 3 is 2.50 bits per heavy atom. The van der Waals surface area contributed by atoms with Crippen molar-refractivity contribution in [2.45, 2.75) is 26.3 Å².